The van der Waals surface area contributed by atoms with Gasteiger partial charge in [-0.3, -0.25) is 4.79 Å². The molecule has 0 aliphatic carbocycles. The van der Waals surface area contributed by atoms with Crippen molar-refractivity contribution in [3.05, 3.63) is 77.9 Å². The summed E-state index contributed by atoms with van der Waals surface area (Å²) in [5, 5.41) is 9.10. The minimum absolute atomic E-state index is 0.201. The molecule has 2 aromatic carbocycles. The maximum atomic E-state index is 12.0. The smallest absolute Gasteiger partial charge is 0.351 e. The molecule has 22 heavy (non-hydrogen) atoms. The van der Waals surface area contributed by atoms with Gasteiger partial charge in [0.05, 0.1) is 0 Å². The molecule has 1 N–H and O–H groups in total. The van der Waals surface area contributed by atoms with Crippen molar-refractivity contribution in [2.24, 2.45) is 0 Å². The van der Waals surface area contributed by atoms with Gasteiger partial charge in [0.1, 0.15) is 11.3 Å². The Morgan fingerprint density at radius 1 is 0.864 bits per heavy atom. The molecule has 0 atom stereocenters. The summed E-state index contributed by atoms with van der Waals surface area (Å²) in [6.07, 6.45) is 0.767. The van der Waals surface area contributed by atoms with E-state index in [1.54, 1.807) is 36.4 Å². The van der Waals surface area contributed by atoms with E-state index in [0.29, 0.717) is 0 Å². The molecule has 0 spiro atoms. The molecular formula is C17H12O5. The van der Waals surface area contributed by atoms with E-state index < -0.39 is 23.3 Å². The van der Waals surface area contributed by atoms with Gasteiger partial charge in [-0.15, -0.1) is 0 Å². The Morgan fingerprint density at radius 3 is 1.95 bits per heavy atom. The van der Waals surface area contributed by atoms with Crippen molar-refractivity contribution in [3.63, 3.8) is 0 Å². The number of carbonyl (C=O) groups is 3. The summed E-state index contributed by atoms with van der Waals surface area (Å²) in [5.41, 5.74) is -0.438. The molecule has 5 nitrogen and oxygen atoms in total. The zero-order chi connectivity index (χ0) is 15.9. The summed E-state index contributed by atoms with van der Waals surface area (Å²) >= 11 is 0. The SMILES string of the molecule is O=C(O)/C(=C\C(=O)c1ccccc1)C(=O)Oc1ccccc1. The van der Waals surface area contributed by atoms with Crippen LogP contribution in [-0.4, -0.2) is 22.8 Å². The molecule has 2 rings (SSSR count). The van der Waals surface area contributed by atoms with Crippen LogP contribution in [0.3, 0.4) is 0 Å². The van der Waals surface area contributed by atoms with Gasteiger partial charge in [0, 0.05) is 11.6 Å². The number of benzene rings is 2. The lowest BCUT2D eigenvalue weighted by molar-refractivity contribution is -0.138. The maximum absolute atomic E-state index is 12.0. The number of allylic oxidation sites excluding steroid dienone is 1. The molecule has 0 aliphatic heterocycles. The summed E-state index contributed by atoms with van der Waals surface area (Å²) in [4.78, 5) is 35.0. The first-order valence-corrected chi connectivity index (χ1v) is 6.39. The highest BCUT2D eigenvalue weighted by atomic mass is 16.5. The summed E-state index contributed by atoms with van der Waals surface area (Å²) < 4.78 is 4.93. The highest BCUT2D eigenvalue weighted by Gasteiger charge is 2.21. The topological polar surface area (TPSA) is 80.7 Å². The predicted molar refractivity (Wildman–Crippen MR) is 78.6 cm³/mol. The number of rotatable bonds is 5. The van der Waals surface area contributed by atoms with Crippen LogP contribution in [0.5, 0.6) is 5.75 Å². The second-order valence-electron chi connectivity index (χ2n) is 4.30. The lowest BCUT2D eigenvalue weighted by atomic mass is 10.1. The normalized spacial score (nSPS) is 10.8. The standard InChI is InChI=1S/C17H12O5/c18-15(12-7-3-1-4-8-12)11-14(16(19)20)17(21)22-13-9-5-2-6-10-13/h1-11H,(H,19,20)/b14-11+. The molecular weight excluding hydrogens is 284 g/mol. The number of ether oxygens (including phenoxy) is 1. The van der Waals surface area contributed by atoms with E-state index in [1.165, 1.54) is 24.3 Å². The molecule has 0 fully saturated rings. The zero-order valence-electron chi connectivity index (χ0n) is 11.4. The van der Waals surface area contributed by atoms with E-state index in [2.05, 4.69) is 0 Å². The number of ketones is 1. The van der Waals surface area contributed by atoms with E-state index >= 15 is 0 Å². The molecule has 0 unspecified atom stereocenters. The van der Waals surface area contributed by atoms with E-state index in [4.69, 9.17) is 9.84 Å². The molecule has 5 heteroatoms. The van der Waals surface area contributed by atoms with Gasteiger partial charge >= 0.3 is 11.9 Å². The van der Waals surface area contributed by atoms with Crippen molar-refractivity contribution in [2.75, 3.05) is 0 Å². The maximum Gasteiger partial charge on any atom is 0.351 e. The number of carbonyl (C=O) groups excluding carboxylic acids is 2. The third kappa shape index (κ3) is 3.89. The van der Waals surface area contributed by atoms with E-state index in [1.807, 2.05) is 0 Å². The molecule has 0 amide bonds. The van der Waals surface area contributed by atoms with Gasteiger partial charge in [-0.05, 0) is 12.1 Å². The van der Waals surface area contributed by atoms with Crippen LogP contribution in [0.25, 0.3) is 0 Å². The Labute approximate surface area is 126 Å². The Kier molecular flexibility index (Phi) is 4.82. The monoisotopic (exact) mass is 296 g/mol. The van der Waals surface area contributed by atoms with Gasteiger partial charge in [-0.25, -0.2) is 9.59 Å². The van der Waals surface area contributed by atoms with Crippen LogP contribution in [0.2, 0.25) is 0 Å². The van der Waals surface area contributed by atoms with Crippen molar-refractivity contribution in [2.45, 2.75) is 0 Å². The van der Waals surface area contributed by atoms with Crippen molar-refractivity contribution in [1.29, 1.82) is 0 Å². The quantitative estimate of drug-likeness (QED) is 0.229. The first-order chi connectivity index (χ1) is 10.6. The third-order valence-corrected chi connectivity index (χ3v) is 2.74. The van der Waals surface area contributed by atoms with Gasteiger partial charge in [-0.1, -0.05) is 48.5 Å². The molecule has 0 heterocycles. The average molecular weight is 296 g/mol. The fourth-order valence-electron chi connectivity index (χ4n) is 1.68. The van der Waals surface area contributed by atoms with Crippen molar-refractivity contribution in [1.82, 2.24) is 0 Å². The van der Waals surface area contributed by atoms with E-state index in [-0.39, 0.29) is 11.3 Å². The van der Waals surface area contributed by atoms with Gasteiger partial charge in [-0.2, -0.15) is 0 Å². The van der Waals surface area contributed by atoms with Crippen LogP contribution in [0, 0.1) is 0 Å². The summed E-state index contributed by atoms with van der Waals surface area (Å²) in [5.74, 6) is -3.00. The summed E-state index contributed by atoms with van der Waals surface area (Å²) in [7, 11) is 0. The van der Waals surface area contributed by atoms with E-state index in [0.717, 1.165) is 6.08 Å². The molecule has 110 valence electrons. The van der Waals surface area contributed by atoms with Crippen molar-refractivity contribution in [3.8, 4) is 5.75 Å². The Hall–Kier alpha value is -3.21. The minimum atomic E-state index is -1.52. The van der Waals surface area contributed by atoms with Gasteiger partial charge < -0.3 is 9.84 Å². The average Bonchev–Trinajstić information content (AvgIpc) is 2.53. The number of para-hydroxylation sites is 1. The number of carboxylic acid groups (broad SMARTS) is 1. The fraction of sp³-hybridized carbons (Fsp3) is 0. The van der Waals surface area contributed by atoms with Gasteiger partial charge in [0.15, 0.2) is 5.78 Å². The second kappa shape index (κ2) is 6.99. The van der Waals surface area contributed by atoms with E-state index in [9.17, 15) is 14.4 Å². The van der Waals surface area contributed by atoms with Crippen LogP contribution >= 0.6 is 0 Å². The van der Waals surface area contributed by atoms with Gasteiger partial charge in [0.25, 0.3) is 0 Å². The predicted octanol–water partition coefficient (Wildman–Crippen LogP) is 2.49. The highest BCUT2D eigenvalue weighted by Crippen LogP contribution is 2.12. The zero-order valence-corrected chi connectivity index (χ0v) is 11.4. The molecule has 2 aromatic rings. The third-order valence-electron chi connectivity index (χ3n) is 2.74. The minimum Gasteiger partial charge on any atom is -0.477 e. The lowest BCUT2D eigenvalue weighted by Crippen LogP contribution is -2.19. The summed E-state index contributed by atoms with van der Waals surface area (Å²) in [6.45, 7) is 0. The molecule has 0 aliphatic rings. The number of esters is 1. The Balaban J connectivity index is 2.23. The first kappa shape index (κ1) is 15.2. The van der Waals surface area contributed by atoms with Crippen molar-refractivity contribution < 1.29 is 24.2 Å². The Bertz CT molecular complexity index is 717. The van der Waals surface area contributed by atoms with Crippen LogP contribution < -0.4 is 4.74 Å². The number of carboxylic acids is 1. The lowest BCUT2D eigenvalue weighted by Gasteiger charge is -2.04. The van der Waals surface area contributed by atoms with Crippen LogP contribution in [-0.2, 0) is 9.59 Å². The fourth-order valence-corrected chi connectivity index (χ4v) is 1.68. The molecule has 0 saturated carbocycles. The van der Waals surface area contributed by atoms with Crippen LogP contribution in [0.15, 0.2) is 72.3 Å². The second-order valence-corrected chi connectivity index (χ2v) is 4.30. The largest absolute Gasteiger partial charge is 0.477 e. The molecule has 0 radical (unpaired) electrons. The number of hydrogen-bond acceptors (Lipinski definition) is 4. The molecule has 0 aromatic heterocycles. The molecule has 0 bridgehead atoms. The first-order valence-electron chi connectivity index (χ1n) is 6.39. The Morgan fingerprint density at radius 2 is 1.41 bits per heavy atom. The number of hydrogen-bond donors (Lipinski definition) is 1. The molecule has 0 saturated heterocycles. The van der Waals surface area contributed by atoms with Crippen LogP contribution in [0.1, 0.15) is 10.4 Å². The van der Waals surface area contributed by atoms with Crippen LogP contribution in [0.4, 0.5) is 0 Å². The highest BCUT2D eigenvalue weighted by molar-refractivity contribution is 6.20. The van der Waals surface area contributed by atoms with Crippen molar-refractivity contribution >= 4 is 17.7 Å². The number of aliphatic carboxylic acids is 1. The van der Waals surface area contributed by atoms with Gasteiger partial charge in [0.2, 0.25) is 0 Å². The summed E-state index contributed by atoms with van der Waals surface area (Å²) in [6, 6.07) is 16.1.